The van der Waals surface area contributed by atoms with Gasteiger partial charge in [-0.15, -0.1) is 0 Å². The van der Waals surface area contributed by atoms with E-state index in [2.05, 4.69) is 4.98 Å². The molecule has 0 saturated carbocycles. The van der Waals surface area contributed by atoms with E-state index >= 15 is 0 Å². The van der Waals surface area contributed by atoms with Crippen molar-refractivity contribution in [3.05, 3.63) is 29.6 Å². The highest BCUT2D eigenvalue weighted by Gasteiger charge is 2.26. The predicted molar refractivity (Wildman–Crippen MR) is 69.6 cm³/mol. The molecule has 0 bridgehead atoms. The van der Waals surface area contributed by atoms with E-state index in [9.17, 15) is 13.2 Å². The average molecular weight is 284 g/mol. The van der Waals surface area contributed by atoms with E-state index in [1.807, 2.05) is 0 Å². The minimum atomic E-state index is -3.11. The maximum absolute atomic E-state index is 11.4. The number of aromatic nitrogens is 1. The van der Waals surface area contributed by atoms with Crippen molar-refractivity contribution >= 4 is 16.0 Å². The number of carboxylic acid groups (broad SMARTS) is 1. The Bertz CT molecular complexity index is 560. The summed E-state index contributed by atoms with van der Waals surface area (Å²) in [6, 6.07) is 3.25. The zero-order valence-electron chi connectivity index (χ0n) is 10.6. The standard InChI is InChI=1S/C12H16N2O4S/c1-19(17,18)14-6-4-9(5-7-14)11-3-2-10(8-13-11)12(15)16/h2-3,8-9H,4-7H2,1H3,(H,15,16). The molecule has 0 aliphatic carbocycles. The molecule has 1 saturated heterocycles. The lowest BCUT2D eigenvalue weighted by atomic mass is 9.94. The third-order valence-corrected chi connectivity index (χ3v) is 4.68. The van der Waals surface area contributed by atoms with Gasteiger partial charge < -0.3 is 5.11 Å². The molecule has 1 aromatic rings. The number of carboxylic acids is 1. The Hall–Kier alpha value is -1.47. The Labute approximate surface area is 112 Å². The summed E-state index contributed by atoms with van der Waals surface area (Å²) in [6.45, 7) is 0.984. The molecule has 1 aliphatic rings. The summed E-state index contributed by atoms with van der Waals surface area (Å²) in [5.41, 5.74) is 0.996. The monoisotopic (exact) mass is 284 g/mol. The second kappa shape index (κ2) is 5.26. The minimum absolute atomic E-state index is 0.164. The highest BCUT2D eigenvalue weighted by atomic mass is 32.2. The topological polar surface area (TPSA) is 87.6 Å². The van der Waals surface area contributed by atoms with Crippen LogP contribution in [0.25, 0.3) is 0 Å². The molecule has 1 aliphatic heterocycles. The van der Waals surface area contributed by atoms with Crippen molar-refractivity contribution in [1.29, 1.82) is 0 Å². The molecule has 6 nitrogen and oxygen atoms in total. The van der Waals surface area contributed by atoms with Crippen LogP contribution in [-0.4, -0.2) is 48.1 Å². The van der Waals surface area contributed by atoms with Crippen molar-refractivity contribution in [3.63, 3.8) is 0 Å². The van der Waals surface area contributed by atoms with E-state index in [0.29, 0.717) is 25.9 Å². The highest BCUT2D eigenvalue weighted by Crippen LogP contribution is 2.27. The molecular formula is C12H16N2O4S. The average Bonchev–Trinajstić information content (AvgIpc) is 2.38. The van der Waals surface area contributed by atoms with E-state index < -0.39 is 16.0 Å². The van der Waals surface area contributed by atoms with Crippen molar-refractivity contribution in [2.24, 2.45) is 0 Å². The SMILES string of the molecule is CS(=O)(=O)N1CCC(c2ccc(C(=O)O)cn2)CC1. The maximum atomic E-state index is 11.4. The van der Waals surface area contributed by atoms with Gasteiger partial charge >= 0.3 is 5.97 Å². The van der Waals surface area contributed by atoms with E-state index in [1.165, 1.54) is 22.8 Å². The number of pyridine rings is 1. The summed E-state index contributed by atoms with van der Waals surface area (Å²) in [5.74, 6) is -0.799. The van der Waals surface area contributed by atoms with Crippen LogP contribution in [0.15, 0.2) is 18.3 Å². The smallest absolute Gasteiger partial charge is 0.337 e. The molecule has 19 heavy (non-hydrogen) atoms. The van der Waals surface area contributed by atoms with Gasteiger partial charge in [0.05, 0.1) is 11.8 Å². The molecule has 2 rings (SSSR count). The summed E-state index contributed by atoms with van der Waals surface area (Å²) < 4.78 is 24.3. The molecule has 1 aromatic heterocycles. The molecule has 0 radical (unpaired) electrons. The predicted octanol–water partition coefficient (Wildman–Crippen LogP) is 0.919. The maximum Gasteiger partial charge on any atom is 0.337 e. The van der Waals surface area contributed by atoms with Crippen molar-refractivity contribution in [2.75, 3.05) is 19.3 Å². The lowest BCUT2D eigenvalue weighted by Gasteiger charge is -2.29. The number of nitrogens with zero attached hydrogens (tertiary/aromatic N) is 2. The van der Waals surface area contributed by atoms with Crippen molar-refractivity contribution in [3.8, 4) is 0 Å². The molecule has 1 fully saturated rings. The van der Waals surface area contributed by atoms with Gasteiger partial charge in [-0.25, -0.2) is 17.5 Å². The third kappa shape index (κ3) is 3.30. The minimum Gasteiger partial charge on any atom is -0.478 e. The Kier molecular flexibility index (Phi) is 3.86. The van der Waals surface area contributed by atoms with Crippen molar-refractivity contribution < 1.29 is 18.3 Å². The summed E-state index contributed by atoms with van der Waals surface area (Å²) >= 11 is 0. The first-order chi connectivity index (χ1) is 8.88. The third-order valence-electron chi connectivity index (χ3n) is 3.37. The van der Waals surface area contributed by atoms with Gasteiger partial charge in [-0.3, -0.25) is 4.98 Å². The number of hydrogen-bond acceptors (Lipinski definition) is 4. The molecule has 2 heterocycles. The Morgan fingerprint density at radius 2 is 2.00 bits per heavy atom. The van der Waals surface area contributed by atoms with Gasteiger partial charge in [-0.1, -0.05) is 0 Å². The van der Waals surface area contributed by atoms with Crippen LogP contribution in [0.2, 0.25) is 0 Å². The van der Waals surface area contributed by atoms with E-state index in [1.54, 1.807) is 6.07 Å². The van der Waals surface area contributed by atoms with Crippen LogP contribution in [-0.2, 0) is 10.0 Å². The molecule has 0 spiro atoms. The fourth-order valence-electron chi connectivity index (χ4n) is 2.26. The summed E-state index contributed by atoms with van der Waals surface area (Å²) in [5, 5.41) is 8.80. The van der Waals surface area contributed by atoms with E-state index in [0.717, 1.165) is 5.69 Å². The van der Waals surface area contributed by atoms with Gasteiger partial charge in [0.25, 0.3) is 0 Å². The fraction of sp³-hybridized carbons (Fsp3) is 0.500. The zero-order valence-corrected chi connectivity index (χ0v) is 11.4. The molecule has 1 N–H and O–H groups in total. The van der Waals surface area contributed by atoms with Gasteiger partial charge in [-0.2, -0.15) is 0 Å². The molecule has 0 unspecified atom stereocenters. The Morgan fingerprint density at radius 1 is 1.37 bits per heavy atom. The number of piperidine rings is 1. The van der Waals surface area contributed by atoms with Gasteiger partial charge in [-0.05, 0) is 25.0 Å². The molecule has 0 atom stereocenters. The first-order valence-corrected chi connectivity index (χ1v) is 7.87. The van der Waals surface area contributed by atoms with Crippen LogP contribution in [0.1, 0.15) is 34.8 Å². The Balaban J connectivity index is 2.03. The zero-order chi connectivity index (χ0) is 14.0. The van der Waals surface area contributed by atoms with Gasteiger partial charge in [0, 0.05) is 30.9 Å². The van der Waals surface area contributed by atoms with Crippen molar-refractivity contribution in [1.82, 2.24) is 9.29 Å². The van der Waals surface area contributed by atoms with Crippen LogP contribution < -0.4 is 0 Å². The number of hydrogen-bond donors (Lipinski definition) is 1. The van der Waals surface area contributed by atoms with Crippen LogP contribution in [0, 0.1) is 0 Å². The van der Waals surface area contributed by atoms with Gasteiger partial charge in [0.15, 0.2) is 0 Å². The fourth-order valence-corrected chi connectivity index (χ4v) is 3.13. The van der Waals surface area contributed by atoms with Crippen LogP contribution in [0.4, 0.5) is 0 Å². The first-order valence-electron chi connectivity index (χ1n) is 6.02. The normalized spacial score (nSPS) is 18.4. The summed E-state index contributed by atoms with van der Waals surface area (Å²) in [7, 11) is -3.11. The number of carbonyl (C=O) groups is 1. The molecule has 0 amide bonds. The highest BCUT2D eigenvalue weighted by molar-refractivity contribution is 7.88. The summed E-state index contributed by atoms with van der Waals surface area (Å²) in [6.07, 6.45) is 3.99. The first kappa shape index (κ1) is 14.0. The molecule has 7 heteroatoms. The second-order valence-corrected chi connectivity index (χ2v) is 6.70. The van der Waals surface area contributed by atoms with Crippen LogP contribution in [0.5, 0.6) is 0 Å². The van der Waals surface area contributed by atoms with Crippen molar-refractivity contribution in [2.45, 2.75) is 18.8 Å². The number of sulfonamides is 1. The largest absolute Gasteiger partial charge is 0.478 e. The lowest BCUT2D eigenvalue weighted by Crippen LogP contribution is -2.37. The van der Waals surface area contributed by atoms with E-state index in [4.69, 9.17) is 5.11 Å². The Morgan fingerprint density at radius 3 is 2.42 bits per heavy atom. The van der Waals surface area contributed by atoms with Gasteiger partial charge in [0.1, 0.15) is 0 Å². The molecule has 0 aromatic carbocycles. The molecular weight excluding hydrogens is 268 g/mol. The molecule has 104 valence electrons. The van der Waals surface area contributed by atoms with Crippen LogP contribution in [0.3, 0.4) is 0 Å². The number of rotatable bonds is 3. The second-order valence-electron chi connectivity index (χ2n) is 4.71. The quantitative estimate of drug-likeness (QED) is 0.891. The van der Waals surface area contributed by atoms with Crippen LogP contribution >= 0.6 is 0 Å². The van der Waals surface area contributed by atoms with Gasteiger partial charge in [0.2, 0.25) is 10.0 Å². The number of aromatic carboxylic acids is 1. The van der Waals surface area contributed by atoms with E-state index in [-0.39, 0.29) is 11.5 Å². The lowest BCUT2D eigenvalue weighted by molar-refractivity contribution is 0.0696. The summed E-state index contributed by atoms with van der Waals surface area (Å²) in [4.78, 5) is 14.9.